The van der Waals surface area contributed by atoms with Crippen LogP contribution in [0, 0.1) is 0 Å². The van der Waals surface area contributed by atoms with Crippen LogP contribution < -0.4 is 0 Å². The van der Waals surface area contributed by atoms with Crippen LogP contribution in [0.1, 0.15) is 20.8 Å². The molecule has 0 fully saturated rings. The Hall–Kier alpha value is -0.660. The van der Waals surface area contributed by atoms with Crippen molar-refractivity contribution in [2.75, 3.05) is 13.1 Å². The molecule has 0 N–H and O–H groups in total. The number of hydrogen-bond donors (Lipinski definition) is 0. The summed E-state index contributed by atoms with van der Waals surface area (Å²) in [6.45, 7) is 7.68. The van der Waals surface area contributed by atoms with Crippen molar-refractivity contribution < 1.29 is 0 Å². The predicted molar refractivity (Wildman–Crippen MR) is 42.7 cm³/mol. The molecule has 0 aliphatic heterocycles. The third kappa shape index (κ3) is 5.21. The van der Waals surface area contributed by atoms with Crippen LogP contribution in [-0.2, 0) is 0 Å². The maximum Gasteiger partial charge on any atom is 0.0495 e. The van der Waals surface area contributed by atoms with Gasteiger partial charge in [-0.25, -0.2) is 0 Å². The molecule has 0 aliphatic rings. The standard InChI is InChI=1S/C7H14N2/c1-4-8-6-7(3)9-5-2/h6H,4-5H2,1-3H3/b8-6-,9-7-. The first-order chi connectivity index (χ1) is 4.31. The van der Waals surface area contributed by atoms with Gasteiger partial charge in [-0.15, -0.1) is 0 Å². The molecule has 0 saturated carbocycles. The first kappa shape index (κ1) is 8.34. The molecule has 9 heavy (non-hydrogen) atoms. The van der Waals surface area contributed by atoms with Gasteiger partial charge >= 0.3 is 0 Å². The summed E-state index contributed by atoms with van der Waals surface area (Å²) < 4.78 is 0. The number of nitrogens with zero attached hydrogens (tertiary/aromatic N) is 2. The monoisotopic (exact) mass is 126 g/mol. The maximum atomic E-state index is 4.13. The molecular formula is C7H14N2. The highest BCUT2D eigenvalue weighted by Crippen LogP contribution is 1.73. The molecule has 0 spiro atoms. The summed E-state index contributed by atoms with van der Waals surface area (Å²) in [5, 5.41) is 0. The van der Waals surface area contributed by atoms with E-state index in [1.807, 2.05) is 27.0 Å². The van der Waals surface area contributed by atoms with Crippen molar-refractivity contribution in [3.05, 3.63) is 0 Å². The second-order valence-electron chi connectivity index (χ2n) is 1.74. The maximum absolute atomic E-state index is 4.13. The van der Waals surface area contributed by atoms with Gasteiger partial charge in [0.25, 0.3) is 0 Å². The van der Waals surface area contributed by atoms with Crippen LogP contribution in [-0.4, -0.2) is 25.0 Å². The Morgan fingerprint density at radius 3 is 2.44 bits per heavy atom. The Morgan fingerprint density at radius 1 is 1.33 bits per heavy atom. The zero-order chi connectivity index (χ0) is 7.11. The topological polar surface area (TPSA) is 24.7 Å². The van der Waals surface area contributed by atoms with Gasteiger partial charge < -0.3 is 0 Å². The van der Waals surface area contributed by atoms with Gasteiger partial charge in [-0.3, -0.25) is 9.98 Å². The van der Waals surface area contributed by atoms with E-state index in [-0.39, 0.29) is 0 Å². The fourth-order valence-electron chi connectivity index (χ4n) is 0.514. The highest BCUT2D eigenvalue weighted by molar-refractivity contribution is 6.29. The molecule has 52 valence electrons. The van der Waals surface area contributed by atoms with E-state index in [0.717, 1.165) is 18.8 Å². The van der Waals surface area contributed by atoms with E-state index in [0.29, 0.717) is 0 Å². The third-order valence-corrected chi connectivity index (χ3v) is 0.868. The van der Waals surface area contributed by atoms with Crippen LogP contribution >= 0.6 is 0 Å². The lowest BCUT2D eigenvalue weighted by molar-refractivity contribution is 1.12. The zero-order valence-corrected chi connectivity index (χ0v) is 6.39. The van der Waals surface area contributed by atoms with Crippen molar-refractivity contribution in [1.82, 2.24) is 0 Å². The summed E-state index contributed by atoms with van der Waals surface area (Å²) >= 11 is 0. The van der Waals surface area contributed by atoms with E-state index < -0.39 is 0 Å². The summed E-state index contributed by atoms with van der Waals surface area (Å²) in [5.74, 6) is 0. The summed E-state index contributed by atoms with van der Waals surface area (Å²) in [6, 6.07) is 0. The van der Waals surface area contributed by atoms with Crippen molar-refractivity contribution in [2.24, 2.45) is 9.98 Å². The molecule has 0 bridgehead atoms. The molecule has 0 amide bonds. The Morgan fingerprint density at radius 2 is 2.00 bits per heavy atom. The Labute approximate surface area is 56.7 Å². The summed E-state index contributed by atoms with van der Waals surface area (Å²) in [6.07, 6.45) is 1.81. The minimum Gasteiger partial charge on any atom is -0.292 e. The Kier molecular flexibility index (Phi) is 5.07. The fourth-order valence-corrected chi connectivity index (χ4v) is 0.514. The Bertz CT molecular complexity index is 114. The Balaban J connectivity index is 3.60. The third-order valence-electron chi connectivity index (χ3n) is 0.868. The smallest absolute Gasteiger partial charge is 0.0495 e. The van der Waals surface area contributed by atoms with Gasteiger partial charge in [-0.2, -0.15) is 0 Å². The van der Waals surface area contributed by atoms with Crippen molar-refractivity contribution in [1.29, 1.82) is 0 Å². The number of rotatable bonds is 3. The van der Waals surface area contributed by atoms with Crippen molar-refractivity contribution in [2.45, 2.75) is 20.8 Å². The van der Waals surface area contributed by atoms with Crippen LogP contribution in [0.4, 0.5) is 0 Å². The van der Waals surface area contributed by atoms with E-state index in [1.54, 1.807) is 0 Å². The summed E-state index contributed by atoms with van der Waals surface area (Å²) in [5.41, 5.74) is 1.01. The van der Waals surface area contributed by atoms with Crippen molar-refractivity contribution in [3.63, 3.8) is 0 Å². The lowest BCUT2D eigenvalue weighted by Crippen LogP contribution is -1.93. The molecule has 0 aromatic heterocycles. The quantitative estimate of drug-likeness (QED) is 0.513. The summed E-state index contributed by atoms with van der Waals surface area (Å²) in [4.78, 5) is 8.16. The van der Waals surface area contributed by atoms with E-state index in [1.165, 1.54) is 0 Å². The SMILES string of the molecule is CC/N=C\C(C)=N/CC. The first-order valence-corrected chi connectivity index (χ1v) is 3.32. The average molecular weight is 126 g/mol. The molecular weight excluding hydrogens is 112 g/mol. The lowest BCUT2D eigenvalue weighted by Gasteiger charge is -1.86. The van der Waals surface area contributed by atoms with Crippen molar-refractivity contribution >= 4 is 11.9 Å². The molecule has 0 aromatic rings. The van der Waals surface area contributed by atoms with Crippen LogP contribution in [0.5, 0.6) is 0 Å². The molecule has 0 saturated heterocycles. The van der Waals surface area contributed by atoms with Gasteiger partial charge in [0.05, 0.1) is 0 Å². The average Bonchev–Trinajstić information content (AvgIpc) is 1.85. The van der Waals surface area contributed by atoms with Gasteiger partial charge in [0.2, 0.25) is 0 Å². The van der Waals surface area contributed by atoms with Crippen LogP contribution in [0.25, 0.3) is 0 Å². The van der Waals surface area contributed by atoms with Gasteiger partial charge in [0, 0.05) is 25.0 Å². The molecule has 0 radical (unpaired) electrons. The molecule has 2 heteroatoms. The first-order valence-electron chi connectivity index (χ1n) is 3.32. The highest BCUT2D eigenvalue weighted by atomic mass is 14.8. The van der Waals surface area contributed by atoms with E-state index >= 15 is 0 Å². The van der Waals surface area contributed by atoms with E-state index in [4.69, 9.17) is 0 Å². The zero-order valence-electron chi connectivity index (χ0n) is 6.39. The van der Waals surface area contributed by atoms with Gasteiger partial charge in [0.1, 0.15) is 0 Å². The number of hydrogen-bond acceptors (Lipinski definition) is 2. The minimum absolute atomic E-state index is 0.844. The lowest BCUT2D eigenvalue weighted by atomic mass is 10.4. The molecule has 0 aliphatic carbocycles. The summed E-state index contributed by atoms with van der Waals surface area (Å²) in [7, 11) is 0. The van der Waals surface area contributed by atoms with Crippen LogP contribution in [0.2, 0.25) is 0 Å². The molecule has 0 heterocycles. The molecule has 0 unspecified atom stereocenters. The largest absolute Gasteiger partial charge is 0.292 e. The highest BCUT2D eigenvalue weighted by Gasteiger charge is 1.78. The van der Waals surface area contributed by atoms with E-state index in [2.05, 4.69) is 9.98 Å². The second kappa shape index (κ2) is 5.48. The van der Waals surface area contributed by atoms with Gasteiger partial charge in [0.15, 0.2) is 0 Å². The van der Waals surface area contributed by atoms with Gasteiger partial charge in [-0.05, 0) is 20.8 Å². The van der Waals surface area contributed by atoms with Crippen molar-refractivity contribution in [3.8, 4) is 0 Å². The second-order valence-corrected chi connectivity index (χ2v) is 1.74. The molecule has 0 atom stereocenters. The molecule has 0 rings (SSSR count). The minimum atomic E-state index is 0.844. The molecule has 2 nitrogen and oxygen atoms in total. The van der Waals surface area contributed by atoms with Crippen LogP contribution in [0.3, 0.4) is 0 Å². The van der Waals surface area contributed by atoms with E-state index in [9.17, 15) is 0 Å². The van der Waals surface area contributed by atoms with Gasteiger partial charge in [-0.1, -0.05) is 0 Å². The number of aliphatic imine (C=N–C) groups is 2. The normalized spacial score (nSPS) is 13.0. The molecule has 0 aromatic carbocycles. The predicted octanol–water partition coefficient (Wildman–Crippen LogP) is 1.56. The fraction of sp³-hybridized carbons (Fsp3) is 0.714. The van der Waals surface area contributed by atoms with Crippen LogP contribution in [0.15, 0.2) is 9.98 Å².